The van der Waals surface area contributed by atoms with Crippen molar-refractivity contribution in [3.05, 3.63) is 23.4 Å². The average molecular weight is 312 g/mol. The third-order valence-corrected chi connectivity index (χ3v) is 4.69. The van der Waals surface area contributed by atoms with Gasteiger partial charge in [-0.15, -0.1) is 0 Å². The second-order valence-corrected chi connectivity index (χ2v) is 6.75. The summed E-state index contributed by atoms with van der Waals surface area (Å²) in [6, 6.07) is 5.63. The van der Waals surface area contributed by atoms with Crippen LogP contribution in [-0.4, -0.2) is 21.7 Å². The molecule has 0 saturated heterocycles. The molecule has 0 saturated carbocycles. The van der Waals surface area contributed by atoms with Crippen molar-refractivity contribution in [2.24, 2.45) is 5.92 Å². The molecule has 108 valence electrons. The molecular weight excluding hydrogens is 294 g/mol. The number of nitriles is 1. The lowest BCUT2D eigenvalue weighted by Gasteiger charge is -2.28. The van der Waals surface area contributed by atoms with Crippen LogP contribution in [0.15, 0.2) is 23.4 Å². The van der Waals surface area contributed by atoms with E-state index in [1.54, 1.807) is 32.2 Å². The lowest BCUT2D eigenvalue weighted by molar-refractivity contribution is -0.121. The fourth-order valence-corrected chi connectivity index (χ4v) is 2.40. The van der Waals surface area contributed by atoms with Gasteiger partial charge in [-0.25, -0.2) is 4.98 Å². The molecule has 0 radical (unpaired) electrons. The minimum absolute atomic E-state index is 0.0205. The lowest BCUT2D eigenvalue weighted by atomic mass is 9.90. The van der Waals surface area contributed by atoms with Crippen LogP contribution in [0.1, 0.15) is 27.7 Å². The van der Waals surface area contributed by atoms with Crippen molar-refractivity contribution in [2.45, 2.75) is 43.5 Å². The summed E-state index contributed by atoms with van der Waals surface area (Å²) >= 11 is 7.29. The van der Waals surface area contributed by atoms with Crippen LogP contribution in [0, 0.1) is 17.2 Å². The summed E-state index contributed by atoms with van der Waals surface area (Å²) in [4.78, 5) is 16.3. The third-order valence-electron chi connectivity index (χ3n) is 3.15. The van der Waals surface area contributed by atoms with E-state index in [0.717, 1.165) is 0 Å². The summed E-state index contributed by atoms with van der Waals surface area (Å²) in [5.41, 5.74) is -0.875. The van der Waals surface area contributed by atoms with E-state index in [4.69, 9.17) is 11.6 Å². The Hall–Kier alpha value is -1.25. The minimum atomic E-state index is -0.875. The Morgan fingerprint density at radius 1 is 1.55 bits per heavy atom. The first-order valence-electron chi connectivity index (χ1n) is 6.30. The quantitative estimate of drug-likeness (QED) is 0.848. The molecule has 0 fully saturated rings. The van der Waals surface area contributed by atoms with Crippen LogP contribution in [-0.2, 0) is 4.79 Å². The number of pyridine rings is 1. The number of aromatic nitrogens is 1. The molecule has 1 aromatic rings. The summed E-state index contributed by atoms with van der Waals surface area (Å²) in [6.45, 7) is 7.29. The third kappa shape index (κ3) is 4.12. The van der Waals surface area contributed by atoms with Gasteiger partial charge >= 0.3 is 0 Å². The number of thioether (sulfide) groups is 1. The van der Waals surface area contributed by atoms with E-state index in [1.807, 2.05) is 13.8 Å². The van der Waals surface area contributed by atoms with Gasteiger partial charge in [-0.1, -0.05) is 37.2 Å². The molecule has 0 aliphatic heterocycles. The van der Waals surface area contributed by atoms with Gasteiger partial charge < -0.3 is 5.32 Å². The summed E-state index contributed by atoms with van der Waals surface area (Å²) in [7, 11) is 0. The molecular formula is C14H18ClN3OS. The van der Waals surface area contributed by atoms with Gasteiger partial charge in [0.05, 0.1) is 16.3 Å². The zero-order valence-electron chi connectivity index (χ0n) is 12.0. The molecule has 4 nitrogen and oxygen atoms in total. The average Bonchev–Trinajstić information content (AvgIpc) is 2.40. The van der Waals surface area contributed by atoms with Gasteiger partial charge in [0.2, 0.25) is 5.91 Å². The molecule has 1 rings (SSSR count). The van der Waals surface area contributed by atoms with Gasteiger partial charge in [0.25, 0.3) is 0 Å². The van der Waals surface area contributed by atoms with Crippen LogP contribution in [0.5, 0.6) is 0 Å². The van der Waals surface area contributed by atoms with E-state index < -0.39 is 5.54 Å². The Morgan fingerprint density at radius 2 is 2.20 bits per heavy atom. The molecule has 1 aromatic heterocycles. The van der Waals surface area contributed by atoms with Crippen LogP contribution in [0.4, 0.5) is 0 Å². The molecule has 0 aliphatic carbocycles. The second-order valence-electron chi connectivity index (χ2n) is 5.01. The summed E-state index contributed by atoms with van der Waals surface area (Å²) in [5.74, 6) is -0.179. The molecule has 0 aliphatic rings. The Morgan fingerprint density at radius 3 is 2.70 bits per heavy atom. The van der Waals surface area contributed by atoms with Gasteiger partial charge in [0, 0.05) is 6.20 Å². The Balaban J connectivity index is 2.74. The van der Waals surface area contributed by atoms with Crippen LogP contribution in [0.25, 0.3) is 0 Å². The van der Waals surface area contributed by atoms with Crippen LogP contribution in [0.3, 0.4) is 0 Å². The maximum Gasteiger partial charge on any atom is 0.234 e. The Kier molecular flexibility index (Phi) is 5.85. The monoisotopic (exact) mass is 311 g/mol. The highest BCUT2D eigenvalue weighted by Gasteiger charge is 2.32. The first-order valence-corrected chi connectivity index (χ1v) is 7.56. The lowest BCUT2D eigenvalue weighted by Crippen LogP contribution is -2.51. The molecule has 1 heterocycles. The molecule has 0 aromatic carbocycles. The van der Waals surface area contributed by atoms with Crippen molar-refractivity contribution in [3.63, 3.8) is 0 Å². The van der Waals surface area contributed by atoms with E-state index in [9.17, 15) is 10.1 Å². The van der Waals surface area contributed by atoms with Gasteiger partial charge in [0.15, 0.2) is 0 Å². The molecule has 1 amide bonds. The van der Waals surface area contributed by atoms with E-state index in [-0.39, 0.29) is 17.1 Å². The van der Waals surface area contributed by atoms with Gasteiger partial charge in [-0.2, -0.15) is 5.26 Å². The molecule has 0 bridgehead atoms. The Bertz CT molecular complexity index is 529. The summed E-state index contributed by atoms with van der Waals surface area (Å²) in [5, 5.41) is 12.8. The zero-order chi connectivity index (χ0) is 15.3. The highest BCUT2D eigenvalue weighted by atomic mass is 35.5. The summed E-state index contributed by atoms with van der Waals surface area (Å²) < 4.78 is 0. The highest BCUT2D eigenvalue weighted by molar-refractivity contribution is 8.00. The second kappa shape index (κ2) is 6.96. The number of nitrogens with one attached hydrogen (secondary N) is 1. The maximum absolute atomic E-state index is 12.2. The predicted octanol–water partition coefficient (Wildman–Crippen LogP) is 3.27. The number of carbonyl (C=O) groups is 1. The van der Waals surface area contributed by atoms with Crippen molar-refractivity contribution < 1.29 is 4.79 Å². The van der Waals surface area contributed by atoms with E-state index in [1.165, 1.54) is 11.8 Å². The number of hydrogen-bond acceptors (Lipinski definition) is 4. The first kappa shape index (κ1) is 16.8. The van der Waals surface area contributed by atoms with Crippen LogP contribution in [0.2, 0.25) is 5.02 Å². The number of carbonyl (C=O) groups excluding carboxylic acids is 1. The van der Waals surface area contributed by atoms with Gasteiger partial charge in [-0.3, -0.25) is 4.79 Å². The fraction of sp³-hybridized carbons (Fsp3) is 0.500. The van der Waals surface area contributed by atoms with Gasteiger partial charge in [0.1, 0.15) is 10.6 Å². The minimum Gasteiger partial charge on any atom is -0.337 e. The van der Waals surface area contributed by atoms with Crippen LogP contribution < -0.4 is 5.32 Å². The Labute approximate surface area is 128 Å². The van der Waals surface area contributed by atoms with Crippen molar-refractivity contribution >= 4 is 29.3 Å². The molecule has 6 heteroatoms. The zero-order valence-corrected chi connectivity index (χ0v) is 13.5. The standard InChI is InChI=1S/C14H18ClN3OS/c1-9(2)14(4,8-16)18-12(19)10(3)20-13-11(15)6-5-7-17-13/h5-7,9-10H,1-4H3,(H,18,19)/t10-,14-/m1/s1. The number of halogens is 1. The topological polar surface area (TPSA) is 65.8 Å². The fourth-order valence-electron chi connectivity index (χ4n) is 1.34. The molecule has 1 N–H and O–H groups in total. The highest BCUT2D eigenvalue weighted by Crippen LogP contribution is 2.28. The van der Waals surface area contributed by atoms with E-state index in [2.05, 4.69) is 16.4 Å². The van der Waals surface area contributed by atoms with E-state index >= 15 is 0 Å². The number of rotatable bonds is 5. The molecule has 0 spiro atoms. The SMILES string of the molecule is CC(C)[C@@](C)(C#N)NC(=O)[C@@H](C)Sc1ncccc1Cl. The van der Waals surface area contributed by atoms with Crippen molar-refractivity contribution in [1.29, 1.82) is 5.26 Å². The number of hydrogen-bond donors (Lipinski definition) is 1. The predicted molar refractivity (Wildman–Crippen MR) is 81.6 cm³/mol. The van der Waals surface area contributed by atoms with Crippen molar-refractivity contribution in [2.75, 3.05) is 0 Å². The van der Waals surface area contributed by atoms with E-state index in [0.29, 0.717) is 10.0 Å². The summed E-state index contributed by atoms with van der Waals surface area (Å²) in [6.07, 6.45) is 1.63. The smallest absolute Gasteiger partial charge is 0.234 e. The molecule has 0 unspecified atom stereocenters. The number of amides is 1. The number of nitrogens with zero attached hydrogens (tertiary/aromatic N) is 2. The maximum atomic E-state index is 12.2. The van der Waals surface area contributed by atoms with Crippen molar-refractivity contribution in [1.82, 2.24) is 10.3 Å². The molecule has 20 heavy (non-hydrogen) atoms. The van der Waals surface area contributed by atoms with Crippen LogP contribution >= 0.6 is 23.4 Å². The molecule has 2 atom stereocenters. The van der Waals surface area contributed by atoms with Crippen molar-refractivity contribution in [3.8, 4) is 6.07 Å². The van der Waals surface area contributed by atoms with Gasteiger partial charge in [-0.05, 0) is 31.9 Å². The normalized spacial score (nSPS) is 15.2. The largest absolute Gasteiger partial charge is 0.337 e. The first-order chi connectivity index (χ1) is 9.30.